The molecule has 0 saturated carbocycles. The summed E-state index contributed by atoms with van der Waals surface area (Å²) in [6.07, 6.45) is 4.11. The van der Waals surface area contributed by atoms with Crippen molar-refractivity contribution >= 4 is 22.4 Å². The molecule has 0 unspecified atom stereocenters. The second kappa shape index (κ2) is 7.88. The number of hydrogen-bond donors (Lipinski definition) is 1. The summed E-state index contributed by atoms with van der Waals surface area (Å²) < 4.78 is 0. The van der Waals surface area contributed by atoms with Crippen molar-refractivity contribution in [1.29, 1.82) is 0 Å². The average molecular weight is 336 g/mol. The van der Waals surface area contributed by atoms with Gasteiger partial charge in [-0.2, -0.15) is 0 Å². The molecule has 0 saturated heterocycles. The maximum Gasteiger partial charge on any atom is 0.230 e. The minimum Gasteiger partial charge on any atom is -0.302 e. The van der Waals surface area contributed by atoms with Crippen LogP contribution < -0.4 is 5.32 Å². The van der Waals surface area contributed by atoms with Crippen molar-refractivity contribution in [1.82, 2.24) is 4.98 Å². The quantitative estimate of drug-likeness (QED) is 0.721. The molecule has 3 rings (SSSR count). The Morgan fingerprint density at radius 1 is 1.00 bits per heavy atom. The van der Waals surface area contributed by atoms with E-state index in [9.17, 15) is 4.79 Å². The molecule has 0 aliphatic heterocycles. The first-order valence-corrected chi connectivity index (χ1v) is 8.91. The molecular formula is C20H20N2OS. The Labute approximate surface area is 146 Å². The van der Waals surface area contributed by atoms with Gasteiger partial charge in [0.15, 0.2) is 5.13 Å². The van der Waals surface area contributed by atoms with E-state index in [-0.39, 0.29) is 5.91 Å². The van der Waals surface area contributed by atoms with Gasteiger partial charge in [0.1, 0.15) is 0 Å². The molecule has 122 valence electrons. The number of aryl methyl sites for hydroxylation is 1. The first kappa shape index (κ1) is 16.4. The SMILES string of the molecule is CCc1ccc(Cc2cnc(NC(=O)Cc3ccccc3)s2)cc1. The maximum absolute atomic E-state index is 12.1. The smallest absolute Gasteiger partial charge is 0.230 e. The van der Waals surface area contributed by atoms with E-state index in [1.54, 1.807) is 0 Å². The monoisotopic (exact) mass is 336 g/mol. The van der Waals surface area contributed by atoms with Gasteiger partial charge in [0.2, 0.25) is 5.91 Å². The minimum absolute atomic E-state index is 0.0330. The maximum atomic E-state index is 12.1. The number of aromatic nitrogens is 1. The molecule has 0 radical (unpaired) electrons. The lowest BCUT2D eigenvalue weighted by molar-refractivity contribution is -0.115. The second-order valence-corrected chi connectivity index (χ2v) is 6.80. The zero-order valence-electron chi connectivity index (χ0n) is 13.7. The largest absolute Gasteiger partial charge is 0.302 e. The highest BCUT2D eigenvalue weighted by Gasteiger charge is 2.08. The van der Waals surface area contributed by atoms with E-state index in [1.807, 2.05) is 36.5 Å². The van der Waals surface area contributed by atoms with Crippen molar-refractivity contribution in [3.63, 3.8) is 0 Å². The molecule has 3 aromatic rings. The summed E-state index contributed by atoms with van der Waals surface area (Å²) in [7, 11) is 0. The molecule has 1 heterocycles. The Kier molecular flexibility index (Phi) is 5.39. The predicted octanol–water partition coefficient (Wildman–Crippen LogP) is 4.48. The van der Waals surface area contributed by atoms with Crippen LogP contribution in [0.1, 0.15) is 28.5 Å². The number of anilines is 1. The third-order valence-electron chi connectivity index (χ3n) is 3.82. The van der Waals surface area contributed by atoms with Crippen molar-refractivity contribution in [3.05, 3.63) is 82.4 Å². The van der Waals surface area contributed by atoms with Gasteiger partial charge in [-0.05, 0) is 23.1 Å². The van der Waals surface area contributed by atoms with E-state index in [0.717, 1.165) is 23.3 Å². The Balaban J connectivity index is 1.57. The van der Waals surface area contributed by atoms with E-state index in [0.29, 0.717) is 11.6 Å². The third-order valence-corrected chi connectivity index (χ3v) is 4.73. The minimum atomic E-state index is -0.0330. The molecule has 2 aromatic carbocycles. The molecule has 1 amide bonds. The highest BCUT2D eigenvalue weighted by atomic mass is 32.1. The first-order chi connectivity index (χ1) is 11.7. The van der Waals surface area contributed by atoms with Crippen LogP contribution in [0.15, 0.2) is 60.8 Å². The van der Waals surface area contributed by atoms with Crippen molar-refractivity contribution < 1.29 is 4.79 Å². The molecule has 3 nitrogen and oxygen atoms in total. The van der Waals surface area contributed by atoms with Crippen LogP contribution in [0.4, 0.5) is 5.13 Å². The van der Waals surface area contributed by atoms with Gasteiger partial charge in [0, 0.05) is 17.5 Å². The van der Waals surface area contributed by atoms with E-state index < -0.39 is 0 Å². The molecule has 4 heteroatoms. The number of nitrogens with zero attached hydrogens (tertiary/aromatic N) is 1. The molecule has 24 heavy (non-hydrogen) atoms. The van der Waals surface area contributed by atoms with Gasteiger partial charge >= 0.3 is 0 Å². The number of nitrogens with one attached hydrogen (secondary N) is 1. The van der Waals surface area contributed by atoms with Gasteiger partial charge in [0.25, 0.3) is 0 Å². The molecule has 0 aliphatic rings. The van der Waals surface area contributed by atoms with Crippen molar-refractivity contribution in [2.75, 3.05) is 5.32 Å². The lowest BCUT2D eigenvalue weighted by Gasteiger charge is -2.02. The molecule has 0 bridgehead atoms. The van der Waals surface area contributed by atoms with Gasteiger partial charge in [-0.25, -0.2) is 4.98 Å². The molecule has 1 aromatic heterocycles. The van der Waals surface area contributed by atoms with Crippen LogP contribution in [-0.2, 0) is 24.1 Å². The topological polar surface area (TPSA) is 42.0 Å². The molecule has 0 spiro atoms. The Hall–Kier alpha value is -2.46. The van der Waals surface area contributed by atoms with Crippen LogP contribution in [0.3, 0.4) is 0 Å². The molecular weight excluding hydrogens is 316 g/mol. The van der Waals surface area contributed by atoms with Gasteiger partial charge < -0.3 is 5.32 Å². The molecule has 1 N–H and O–H groups in total. The van der Waals surface area contributed by atoms with E-state index >= 15 is 0 Å². The zero-order valence-corrected chi connectivity index (χ0v) is 14.5. The summed E-state index contributed by atoms with van der Waals surface area (Å²) in [5.41, 5.74) is 3.61. The number of carbonyl (C=O) groups is 1. The molecule has 0 aliphatic carbocycles. The summed E-state index contributed by atoms with van der Waals surface area (Å²) in [5.74, 6) is -0.0330. The fraction of sp³-hybridized carbons (Fsp3) is 0.200. The van der Waals surface area contributed by atoms with E-state index in [1.165, 1.54) is 22.5 Å². The van der Waals surface area contributed by atoms with E-state index in [4.69, 9.17) is 0 Å². The Bertz CT molecular complexity index is 794. The lowest BCUT2D eigenvalue weighted by Crippen LogP contribution is -2.13. The predicted molar refractivity (Wildman–Crippen MR) is 99.5 cm³/mol. The van der Waals surface area contributed by atoms with Gasteiger partial charge in [-0.3, -0.25) is 4.79 Å². The van der Waals surface area contributed by atoms with Crippen LogP contribution in [-0.4, -0.2) is 10.9 Å². The summed E-state index contributed by atoms with van der Waals surface area (Å²) in [5, 5.41) is 3.55. The van der Waals surface area contributed by atoms with Crippen LogP contribution >= 0.6 is 11.3 Å². The van der Waals surface area contributed by atoms with Crippen LogP contribution in [0.5, 0.6) is 0 Å². The number of thiazole rings is 1. The third kappa shape index (κ3) is 4.52. The average Bonchev–Trinajstić information content (AvgIpc) is 3.03. The fourth-order valence-corrected chi connectivity index (χ4v) is 3.35. The highest BCUT2D eigenvalue weighted by molar-refractivity contribution is 7.15. The summed E-state index contributed by atoms with van der Waals surface area (Å²) >= 11 is 1.53. The van der Waals surface area contributed by atoms with Crippen molar-refractivity contribution in [2.45, 2.75) is 26.2 Å². The first-order valence-electron chi connectivity index (χ1n) is 8.09. The fourth-order valence-electron chi connectivity index (χ4n) is 2.49. The Morgan fingerprint density at radius 3 is 2.42 bits per heavy atom. The van der Waals surface area contributed by atoms with Gasteiger partial charge in [-0.15, -0.1) is 11.3 Å². The van der Waals surface area contributed by atoms with Crippen LogP contribution in [0.2, 0.25) is 0 Å². The number of hydrogen-bond acceptors (Lipinski definition) is 3. The van der Waals surface area contributed by atoms with Crippen LogP contribution in [0, 0.1) is 0 Å². The molecule has 0 fully saturated rings. The number of amides is 1. The van der Waals surface area contributed by atoms with Crippen molar-refractivity contribution in [3.8, 4) is 0 Å². The second-order valence-electron chi connectivity index (χ2n) is 5.69. The molecule has 0 atom stereocenters. The lowest BCUT2D eigenvalue weighted by atomic mass is 10.1. The van der Waals surface area contributed by atoms with Crippen LogP contribution in [0.25, 0.3) is 0 Å². The zero-order chi connectivity index (χ0) is 16.8. The summed E-state index contributed by atoms with van der Waals surface area (Å²) in [4.78, 5) is 17.5. The Morgan fingerprint density at radius 2 is 1.71 bits per heavy atom. The van der Waals surface area contributed by atoms with Gasteiger partial charge in [0.05, 0.1) is 6.42 Å². The van der Waals surface area contributed by atoms with Gasteiger partial charge in [-0.1, -0.05) is 61.5 Å². The number of benzene rings is 2. The summed E-state index contributed by atoms with van der Waals surface area (Å²) in [6, 6.07) is 18.4. The normalized spacial score (nSPS) is 10.5. The standard InChI is InChI=1S/C20H20N2OS/c1-2-15-8-10-17(11-9-15)12-18-14-21-20(24-18)22-19(23)13-16-6-4-3-5-7-16/h3-11,14H,2,12-13H2,1H3,(H,21,22,23). The van der Waals surface area contributed by atoms with E-state index in [2.05, 4.69) is 41.5 Å². The van der Waals surface area contributed by atoms with Crippen molar-refractivity contribution in [2.24, 2.45) is 0 Å². The highest BCUT2D eigenvalue weighted by Crippen LogP contribution is 2.21. The summed E-state index contributed by atoms with van der Waals surface area (Å²) in [6.45, 7) is 2.16. The number of rotatable bonds is 6. The number of carbonyl (C=O) groups excluding carboxylic acids is 1.